The Hall–Kier alpha value is -3.85. The molecular formula is C25H23BrN4O4. The number of para-hydroxylation sites is 2. The molecule has 0 aliphatic carbocycles. The summed E-state index contributed by atoms with van der Waals surface area (Å²) in [7, 11) is 1.49. The Bertz CT molecular complexity index is 1310. The van der Waals surface area contributed by atoms with E-state index in [1.54, 1.807) is 30.3 Å². The first-order valence-corrected chi connectivity index (χ1v) is 11.3. The van der Waals surface area contributed by atoms with Crippen LogP contribution in [0.25, 0.3) is 11.8 Å². The predicted octanol–water partition coefficient (Wildman–Crippen LogP) is 4.40. The number of carbonyl (C=O) groups excluding carboxylic acids is 3. The number of rotatable bonds is 6. The zero-order valence-electron chi connectivity index (χ0n) is 18.9. The fraction of sp³-hybridized carbons (Fsp3) is 0.160. The van der Waals surface area contributed by atoms with E-state index in [1.807, 2.05) is 44.2 Å². The first-order chi connectivity index (χ1) is 16.3. The van der Waals surface area contributed by atoms with Gasteiger partial charge in [0, 0.05) is 21.5 Å². The highest BCUT2D eigenvalue weighted by Gasteiger charge is 2.35. The monoisotopic (exact) mass is 522 g/mol. The molecule has 1 aliphatic heterocycles. The van der Waals surface area contributed by atoms with Crippen molar-refractivity contribution in [1.29, 1.82) is 0 Å². The van der Waals surface area contributed by atoms with Crippen molar-refractivity contribution in [3.8, 4) is 11.4 Å². The van der Waals surface area contributed by atoms with Crippen LogP contribution in [0.1, 0.15) is 17.0 Å². The molecule has 1 aromatic heterocycles. The van der Waals surface area contributed by atoms with E-state index >= 15 is 0 Å². The summed E-state index contributed by atoms with van der Waals surface area (Å²) in [6.45, 7) is 3.50. The van der Waals surface area contributed by atoms with Gasteiger partial charge >= 0.3 is 6.03 Å². The first-order valence-electron chi connectivity index (χ1n) is 10.5. The van der Waals surface area contributed by atoms with Gasteiger partial charge in [0.05, 0.1) is 12.8 Å². The van der Waals surface area contributed by atoms with E-state index < -0.39 is 24.4 Å². The lowest BCUT2D eigenvalue weighted by molar-refractivity contribution is -0.127. The molecule has 2 aromatic carbocycles. The number of ether oxygens (including phenoxy) is 1. The molecule has 9 heteroatoms. The number of carbonyl (C=O) groups is 3. The van der Waals surface area contributed by atoms with Gasteiger partial charge in [-0.3, -0.25) is 9.59 Å². The Morgan fingerprint density at radius 1 is 1.12 bits per heavy atom. The van der Waals surface area contributed by atoms with Crippen molar-refractivity contribution in [2.24, 2.45) is 0 Å². The second kappa shape index (κ2) is 9.56. The van der Waals surface area contributed by atoms with E-state index in [0.29, 0.717) is 11.4 Å². The molecule has 3 aromatic rings. The van der Waals surface area contributed by atoms with E-state index in [2.05, 4.69) is 31.1 Å². The summed E-state index contributed by atoms with van der Waals surface area (Å²) in [5.74, 6) is -0.592. The minimum Gasteiger partial charge on any atom is -0.495 e. The van der Waals surface area contributed by atoms with Crippen molar-refractivity contribution >= 4 is 45.5 Å². The number of amides is 4. The fourth-order valence-electron chi connectivity index (χ4n) is 3.87. The molecule has 2 heterocycles. The smallest absolute Gasteiger partial charge is 0.329 e. The number of methoxy groups -OCH3 is 1. The maximum absolute atomic E-state index is 12.9. The van der Waals surface area contributed by atoms with Crippen molar-refractivity contribution in [1.82, 2.24) is 14.8 Å². The number of benzene rings is 2. The topological polar surface area (TPSA) is 92.7 Å². The van der Waals surface area contributed by atoms with Crippen molar-refractivity contribution in [2.75, 3.05) is 19.0 Å². The van der Waals surface area contributed by atoms with Gasteiger partial charge in [0.15, 0.2) is 0 Å². The number of nitrogens with one attached hydrogen (secondary N) is 2. The predicted molar refractivity (Wildman–Crippen MR) is 133 cm³/mol. The quantitative estimate of drug-likeness (QED) is 0.370. The Morgan fingerprint density at radius 3 is 2.53 bits per heavy atom. The highest BCUT2D eigenvalue weighted by Crippen LogP contribution is 2.26. The van der Waals surface area contributed by atoms with Crippen LogP contribution < -0.4 is 15.4 Å². The van der Waals surface area contributed by atoms with Crippen LogP contribution in [0.2, 0.25) is 0 Å². The van der Waals surface area contributed by atoms with Crippen LogP contribution in [0.5, 0.6) is 5.75 Å². The fourth-order valence-corrected chi connectivity index (χ4v) is 4.14. The minimum atomic E-state index is -0.645. The van der Waals surface area contributed by atoms with Crippen LogP contribution in [0, 0.1) is 13.8 Å². The zero-order chi connectivity index (χ0) is 24.4. The van der Waals surface area contributed by atoms with Gasteiger partial charge in [-0.15, -0.1) is 0 Å². The summed E-state index contributed by atoms with van der Waals surface area (Å²) in [6, 6.07) is 16.1. The average Bonchev–Trinajstić information content (AvgIpc) is 3.24. The summed E-state index contributed by atoms with van der Waals surface area (Å²) >= 11 is 3.44. The van der Waals surface area contributed by atoms with Crippen molar-refractivity contribution < 1.29 is 19.1 Å². The number of hydrogen-bond donors (Lipinski definition) is 2. The maximum Gasteiger partial charge on any atom is 0.329 e. The van der Waals surface area contributed by atoms with Gasteiger partial charge in [0.2, 0.25) is 5.91 Å². The van der Waals surface area contributed by atoms with Crippen LogP contribution in [0.3, 0.4) is 0 Å². The molecule has 1 saturated heterocycles. The number of aryl methyl sites for hydroxylation is 1. The third-order valence-corrected chi connectivity index (χ3v) is 6.03. The molecule has 4 amide bonds. The number of urea groups is 1. The van der Waals surface area contributed by atoms with Crippen LogP contribution in [-0.2, 0) is 9.59 Å². The standard InChI is InChI=1S/C25H23BrN4O4/c1-15-12-17(16(2)30(15)19-10-8-18(26)9-11-19)13-21-24(32)29(25(33)28-21)14-23(31)27-20-6-4-5-7-22(20)34-3/h4-13H,14H2,1-3H3,(H,27,31)(H,28,33)/b21-13-. The molecule has 34 heavy (non-hydrogen) atoms. The summed E-state index contributed by atoms with van der Waals surface area (Å²) in [5.41, 5.74) is 4.26. The number of imide groups is 1. The molecule has 0 unspecified atom stereocenters. The van der Waals surface area contributed by atoms with Gasteiger partial charge in [-0.1, -0.05) is 28.1 Å². The zero-order valence-corrected chi connectivity index (χ0v) is 20.5. The Labute approximate surface area is 205 Å². The molecule has 0 radical (unpaired) electrons. The molecule has 8 nitrogen and oxygen atoms in total. The number of hydrogen-bond acceptors (Lipinski definition) is 4. The van der Waals surface area contributed by atoms with Crippen molar-refractivity contribution in [3.63, 3.8) is 0 Å². The van der Waals surface area contributed by atoms with Crippen molar-refractivity contribution in [2.45, 2.75) is 13.8 Å². The third-order valence-electron chi connectivity index (χ3n) is 5.50. The molecule has 174 valence electrons. The minimum absolute atomic E-state index is 0.117. The molecule has 2 N–H and O–H groups in total. The van der Waals surface area contributed by atoms with Gasteiger partial charge in [-0.05, 0) is 68.0 Å². The summed E-state index contributed by atoms with van der Waals surface area (Å²) in [6.07, 6.45) is 1.63. The van der Waals surface area contributed by atoms with E-state index in [-0.39, 0.29) is 5.70 Å². The molecular weight excluding hydrogens is 500 g/mol. The Balaban J connectivity index is 1.53. The largest absolute Gasteiger partial charge is 0.495 e. The van der Waals surface area contributed by atoms with Gasteiger partial charge in [-0.25, -0.2) is 9.69 Å². The van der Waals surface area contributed by atoms with Gasteiger partial charge in [0.1, 0.15) is 18.0 Å². The van der Waals surface area contributed by atoms with E-state index in [4.69, 9.17) is 4.74 Å². The average molecular weight is 523 g/mol. The lowest BCUT2D eigenvalue weighted by Crippen LogP contribution is -2.38. The van der Waals surface area contributed by atoms with Gasteiger partial charge in [0.25, 0.3) is 5.91 Å². The summed E-state index contributed by atoms with van der Waals surface area (Å²) < 4.78 is 8.26. The molecule has 0 saturated carbocycles. The number of aromatic nitrogens is 1. The second-order valence-corrected chi connectivity index (χ2v) is 8.68. The molecule has 1 aliphatic rings. The van der Waals surface area contributed by atoms with Crippen LogP contribution in [0.4, 0.5) is 10.5 Å². The molecule has 0 bridgehead atoms. The first kappa shape index (κ1) is 23.3. The lowest BCUT2D eigenvalue weighted by atomic mass is 10.2. The van der Waals surface area contributed by atoms with Crippen molar-refractivity contribution in [3.05, 3.63) is 81.7 Å². The molecule has 0 atom stereocenters. The Morgan fingerprint density at radius 2 is 1.82 bits per heavy atom. The van der Waals surface area contributed by atoms with Crippen LogP contribution in [0.15, 0.2) is 64.8 Å². The SMILES string of the molecule is COc1ccccc1NC(=O)CN1C(=O)N/C(=C\c2cc(C)n(-c3ccc(Br)cc3)c2C)C1=O. The molecule has 0 spiro atoms. The number of anilines is 1. The second-order valence-electron chi connectivity index (χ2n) is 7.77. The third kappa shape index (κ3) is 4.60. The summed E-state index contributed by atoms with van der Waals surface area (Å²) in [4.78, 5) is 38.7. The number of nitrogens with zero attached hydrogens (tertiary/aromatic N) is 2. The Kier molecular flexibility index (Phi) is 6.56. The highest BCUT2D eigenvalue weighted by molar-refractivity contribution is 9.10. The van der Waals surface area contributed by atoms with E-state index in [1.165, 1.54) is 7.11 Å². The highest BCUT2D eigenvalue weighted by atomic mass is 79.9. The van der Waals surface area contributed by atoms with Gasteiger partial charge in [-0.2, -0.15) is 0 Å². The lowest BCUT2D eigenvalue weighted by Gasteiger charge is -2.13. The summed E-state index contributed by atoms with van der Waals surface area (Å²) in [5, 5.41) is 5.25. The van der Waals surface area contributed by atoms with E-state index in [0.717, 1.165) is 32.0 Å². The molecule has 4 rings (SSSR count). The van der Waals surface area contributed by atoms with E-state index in [9.17, 15) is 14.4 Å². The van der Waals surface area contributed by atoms with Crippen LogP contribution in [-0.4, -0.2) is 41.0 Å². The maximum atomic E-state index is 12.9. The molecule has 1 fully saturated rings. The van der Waals surface area contributed by atoms with Gasteiger partial charge < -0.3 is 19.9 Å². The normalized spacial score (nSPS) is 14.5. The van der Waals surface area contributed by atoms with Crippen LogP contribution >= 0.6 is 15.9 Å². The number of halogens is 1.